The van der Waals surface area contributed by atoms with Gasteiger partial charge in [0.1, 0.15) is 12.1 Å². The fraction of sp³-hybridized carbons (Fsp3) is 0.524. The first-order valence-electron chi connectivity index (χ1n) is 10.5. The molecule has 160 valence electrons. The van der Waals surface area contributed by atoms with Crippen molar-refractivity contribution in [3.8, 4) is 0 Å². The second-order valence-electron chi connectivity index (χ2n) is 8.38. The molecule has 2 heterocycles. The molecule has 1 spiro atoms. The zero-order valence-electron chi connectivity index (χ0n) is 17.3. The minimum atomic E-state index is -0.926. The molecule has 0 bridgehead atoms. The summed E-state index contributed by atoms with van der Waals surface area (Å²) in [5.74, 6) is -0.508. The Morgan fingerprint density at radius 1 is 1.13 bits per heavy atom. The number of aryl methyl sites for hydroxylation is 1. The highest BCUT2D eigenvalue weighted by Gasteiger charge is 2.52. The number of carbonyl (C=O) groups excluding carboxylic acids is 3. The quantitative estimate of drug-likeness (QED) is 0.729. The Morgan fingerprint density at radius 2 is 1.77 bits per heavy atom. The minimum absolute atomic E-state index is 0.281. The summed E-state index contributed by atoms with van der Waals surface area (Å²) in [5, 5.41) is 3.54. The third kappa shape index (κ3) is 3.28. The third-order valence-corrected chi connectivity index (χ3v) is 6.20. The molecule has 9 nitrogen and oxygen atoms in total. The van der Waals surface area contributed by atoms with Crippen LogP contribution >= 0.6 is 0 Å². The first-order chi connectivity index (χ1) is 14.4. The molecule has 2 aromatic rings. The summed E-state index contributed by atoms with van der Waals surface area (Å²) < 4.78 is 3.01. The van der Waals surface area contributed by atoms with Gasteiger partial charge in [0.2, 0.25) is 0 Å². The van der Waals surface area contributed by atoms with Crippen molar-refractivity contribution in [1.29, 1.82) is 0 Å². The van der Waals surface area contributed by atoms with Crippen molar-refractivity contribution in [2.24, 2.45) is 5.92 Å². The first kappa shape index (κ1) is 20.2. The summed E-state index contributed by atoms with van der Waals surface area (Å²) in [4.78, 5) is 50.8. The minimum Gasteiger partial charge on any atom is -0.322 e. The largest absolute Gasteiger partial charge is 0.344 e. The molecule has 4 amide bonds. The molecular formula is C21H27N5O4. The number of fused-ring (bicyclic) bond motifs is 1. The van der Waals surface area contributed by atoms with Crippen molar-refractivity contribution < 1.29 is 14.4 Å². The van der Waals surface area contributed by atoms with Crippen LogP contribution in [0.5, 0.6) is 0 Å². The Bertz CT molecular complexity index is 1060. The van der Waals surface area contributed by atoms with Crippen LogP contribution in [-0.2, 0) is 22.7 Å². The lowest BCUT2D eigenvalue weighted by molar-refractivity contribution is -0.140. The lowest BCUT2D eigenvalue weighted by Gasteiger charge is -2.33. The summed E-state index contributed by atoms with van der Waals surface area (Å²) in [7, 11) is 0. The molecule has 2 fully saturated rings. The maximum atomic E-state index is 12.9. The van der Waals surface area contributed by atoms with Gasteiger partial charge in [-0.3, -0.25) is 24.1 Å². The molecule has 0 atom stereocenters. The summed E-state index contributed by atoms with van der Waals surface area (Å²) in [6.45, 7) is 4.37. The summed E-state index contributed by atoms with van der Waals surface area (Å²) in [6.07, 6.45) is 3.60. The number of imide groups is 1. The number of hydrazine groups is 1. The molecule has 30 heavy (non-hydrogen) atoms. The van der Waals surface area contributed by atoms with Crippen molar-refractivity contribution >= 4 is 28.9 Å². The fourth-order valence-electron chi connectivity index (χ4n) is 4.48. The zero-order chi connectivity index (χ0) is 21.5. The van der Waals surface area contributed by atoms with Crippen LogP contribution in [0.25, 0.3) is 11.0 Å². The predicted molar refractivity (Wildman–Crippen MR) is 110 cm³/mol. The molecular weight excluding hydrogens is 386 g/mol. The van der Waals surface area contributed by atoms with E-state index in [9.17, 15) is 19.2 Å². The van der Waals surface area contributed by atoms with Crippen LogP contribution < -0.4 is 16.4 Å². The van der Waals surface area contributed by atoms with E-state index >= 15 is 0 Å². The van der Waals surface area contributed by atoms with E-state index in [1.807, 2.05) is 19.1 Å². The second-order valence-corrected chi connectivity index (χ2v) is 8.38. The number of imidazole rings is 1. The normalized spacial score (nSPS) is 23.9. The van der Waals surface area contributed by atoms with Gasteiger partial charge in [0.15, 0.2) is 0 Å². The standard InChI is InChI=1S/C21H27N5O4/c1-3-12-24-15-6-4-5-7-16(15)25(20(24)30)13-17(27)23-26-18(28)21(22-19(26)29)10-8-14(2)9-11-21/h4-7,14H,3,8-13H2,1-2H3,(H,22,29)(H,23,27). The van der Waals surface area contributed by atoms with Gasteiger partial charge < -0.3 is 5.32 Å². The third-order valence-electron chi connectivity index (χ3n) is 6.20. The molecule has 2 aliphatic rings. The Kier molecular flexibility index (Phi) is 5.13. The Morgan fingerprint density at radius 3 is 2.40 bits per heavy atom. The molecule has 9 heteroatoms. The predicted octanol–water partition coefficient (Wildman–Crippen LogP) is 1.74. The molecule has 1 aliphatic carbocycles. The van der Waals surface area contributed by atoms with Crippen LogP contribution in [0.3, 0.4) is 0 Å². The number of amides is 4. The number of urea groups is 1. The molecule has 4 rings (SSSR count). The molecule has 1 saturated heterocycles. The molecule has 1 aliphatic heterocycles. The summed E-state index contributed by atoms with van der Waals surface area (Å²) >= 11 is 0. The van der Waals surface area contributed by atoms with Gasteiger partial charge in [0.05, 0.1) is 11.0 Å². The van der Waals surface area contributed by atoms with Gasteiger partial charge in [-0.25, -0.2) is 9.59 Å². The van der Waals surface area contributed by atoms with Crippen LogP contribution in [0.1, 0.15) is 46.0 Å². The highest BCUT2D eigenvalue weighted by molar-refractivity contribution is 6.08. The van der Waals surface area contributed by atoms with E-state index in [2.05, 4.69) is 17.7 Å². The van der Waals surface area contributed by atoms with Crippen molar-refractivity contribution in [3.05, 3.63) is 34.7 Å². The number of nitrogens with zero attached hydrogens (tertiary/aromatic N) is 3. The van der Waals surface area contributed by atoms with E-state index in [1.165, 1.54) is 4.57 Å². The van der Waals surface area contributed by atoms with E-state index in [1.54, 1.807) is 16.7 Å². The van der Waals surface area contributed by atoms with Gasteiger partial charge in [-0.05, 0) is 50.2 Å². The van der Waals surface area contributed by atoms with E-state index in [4.69, 9.17) is 0 Å². The van der Waals surface area contributed by atoms with Gasteiger partial charge in [-0.2, -0.15) is 5.01 Å². The van der Waals surface area contributed by atoms with Gasteiger partial charge in [0.25, 0.3) is 11.8 Å². The van der Waals surface area contributed by atoms with Gasteiger partial charge in [-0.15, -0.1) is 0 Å². The molecule has 0 unspecified atom stereocenters. The maximum Gasteiger partial charge on any atom is 0.344 e. The molecule has 1 aromatic carbocycles. The number of nitrogens with one attached hydrogen (secondary N) is 2. The topological polar surface area (TPSA) is 105 Å². The van der Waals surface area contributed by atoms with Gasteiger partial charge in [0, 0.05) is 6.54 Å². The van der Waals surface area contributed by atoms with E-state index in [-0.39, 0.29) is 12.2 Å². The second kappa shape index (κ2) is 7.62. The molecule has 2 N–H and O–H groups in total. The van der Waals surface area contributed by atoms with Gasteiger partial charge in [-0.1, -0.05) is 26.0 Å². The molecule has 1 aromatic heterocycles. The number of benzene rings is 1. The molecule has 1 saturated carbocycles. The fourth-order valence-corrected chi connectivity index (χ4v) is 4.48. The average Bonchev–Trinajstić information content (AvgIpc) is 3.12. The number of hydrogen-bond donors (Lipinski definition) is 2. The summed E-state index contributed by atoms with van der Waals surface area (Å²) in [5.41, 5.74) is 2.58. The van der Waals surface area contributed by atoms with Crippen LogP contribution in [0.2, 0.25) is 0 Å². The zero-order valence-corrected chi connectivity index (χ0v) is 17.3. The van der Waals surface area contributed by atoms with Crippen LogP contribution in [0.15, 0.2) is 29.1 Å². The van der Waals surface area contributed by atoms with E-state index < -0.39 is 23.4 Å². The highest BCUT2D eigenvalue weighted by atomic mass is 16.2. The smallest absolute Gasteiger partial charge is 0.322 e. The number of carbonyl (C=O) groups is 3. The number of para-hydroxylation sites is 2. The lowest BCUT2D eigenvalue weighted by atomic mass is 9.77. The SMILES string of the molecule is CCCn1c(=O)n(CC(=O)NN2C(=O)NC3(CCC(C)CC3)C2=O)c2ccccc21. The van der Waals surface area contributed by atoms with Crippen LogP contribution in [0, 0.1) is 5.92 Å². The van der Waals surface area contributed by atoms with Gasteiger partial charge >= 0.3 is 11.7 Å². The summed E-state index contributed by atoms with van der Waals surface area (Å²) in [6, 6.07) is 6.64. The van der Waals surface area contributed by atoms with E-state index in [0.29, 0.717) is 30.8 Å². The number of hydrogen-bond acceptors (Lipinski definition) is 4. The molecule has 0 radical (unpaired) electrons. The average molecular weight is 413 g/mol. The number of rotatable bonds is 5. The maximum absolute atomic E-state index is 12.9. The lowest BCUT2D eigenvalue weighted by Crippen LogP contribution is -2.52. The Balaban J connectivity index is 1.53. The van der Waals surface area contributed by atoms with Crippen LogP contribution in [-0.4, -0.2) is 37.5 Å². The first-order valence-corrected chi connectivity index (χ1v) is 10.5. The Labute approximate surface area is 174 Å². The van der Waals surface area contributed by atoms with Crippen molar-refractivity contribution in [3.63, 3.8) is 0 Å². The van der Waals surface area contributed by atoms with Crippen molar-refractivity contribution in [2.45, 2.75) is 64.6 Å². The monoisotopic (exact) mass is 413 g/mol. The van der Waals surface area contributed by atoms with Crippen molar-refractivity contribution in [2.75, 3.05) is 0 Å². The Hall–Kier alpha value is -3.10. The number of aromatic nitrogens is 2. The van der Waals surface area contributed by atoms with Crippen molar-refractivity contribution in [1.82, 2.24) is 24.9 Å². The highest BCUT2D eigenvalue weighted by Crippen LogP contribution is 2.35. The van der Waals surface area contributed by atoms with Crippen LogP contribution in [0.4, 0.5) is 4.79 Å². The van der Waals surface area contributed by atoms with E-state index in [0.717, 1.165) is 29.8 Å².